The largest absolute Gasteiger partial charge is 0.497 e. The average molecular weight is 401 g/mol. The molecule has 2 aromatic carbocycles. The lowest BCUT2D eigenvalue weighted by molar-refractivity contribution is -0.115. The predicted octanol–water partition coefficient (Wildman–Crippen LogP) is 2.69. The van der Waals surface area contributed by atoms with Gasteiger partial charge < -0.3 is 15.0 Å². The summed E-state index contributed by atoms with van der Waals surface area (Å²) < 4.78 is 34.3. The van der Waals surface area contributed by atoms with Gasteiger partial charge in [-0.15, -0.1) is 4.40 Å². The van der Waals surface area contributed by atoms with Crippen LogP contribution in [-0.4, -0.2) is 45.8 Å². The van der Waals surface area contributed by atoms with Crippen molar-refractivity contribution in [2.75, 3.05) is 26.0 Å². The lowest BCUT2D eigenvalue weighted by Crippen LogP contribution is -2.20. The fourth-order valence-electron chi connectivity index (χ4n) is 3.01. The third-order valence-corrected chi connectivity index (χ3v) is 5.78. The molecule has 3 rings (SSSR count). The minimum atomic E-state index is -3.82. The third-order valence-electron chi connectivity index (χ3n) is 4.47. The van der Waals surface area contributed by atoms with E-state index in [1.54, 1.807) is 31.4 Å². The van der Waals surface area contributed by atoms with E-state index in [9.17, 15) is 13.2 Å². The van der Waals surface area contributed by atoms with Crippen LogP contribution in [-0.2, 0) is 21.2 Å². The number of hydrogen-bond donors (Lipinski definition) is 1. The van der Waals surface area contributed by atoms with Crippen LogP contribution in [0.25, 0.3) is 0 Å². The molecule has 1 aliphatic rings. The fraction of sp³-hybridized carbons (Fsp3) is 0.300. The minimum Gasteiger partial charge on any atom is -0.497 e. The van der Waals surface area contributed by atoms with Gasteiger partial charge >= 0.3 is 0 Å². The second kappa shape index (κ2) is 8.43. The quantitative estimate of drug-likeness (QED) is 0.804. The van der Waals surface area contributed by atoms with Gasteiger partial charge in [0.1, 0.15) is 11.6 Å². The number of benzene rings is 2. The van der Waals surface area contributed by atoms with Crippen LogP contribution in [0.15, 0.2) is 57.8 Å². The highest BCUT2D eigenvalue weighted by molar-refractivity contribution is 7.90. The zero-order valence-corrected chi connectivity index (χ0v) is 16.7. The number of anilines is 1. The molecule has 0 saturated carbocycles. The van der Waals surface area contributed by atoms with E-state index in [1.807, 2.05) is 24.1 Å². The molecule has 2 aromatic rings. The Morgan fingerprint density at radius 3 is 2.71 bits per heavy atom. The molecular weight excluding hydrogens is 378 g/mol. The zero-order chi connectivity index (χ0) is 20.1. The maximum Gasteiger partial charge on any atom is 0.284 e. The molecule has 0 radical (unpaired) electrons. The Kier molecular flexibility index (Phi) is 5.99. The standard InChI is InChI=1S/C20H23N3O4S/c1-23-11-5-10-19(23)22-28(25,26)18-9-4-7-16(14-18)21-20(24)13-15-6-3-8-17(12-15)27-2/h3-4,6-9,12,14H,5,10-11,13H2,1-2H3,(H,21,24). The van der Waals surface area contributed by atoms with Crippen LogP contribution in [0.3, 0.4) is 0 Å². The monoisotopic (exact) mass is 401 g/mol. The Bertz CT molecular complexity index is 1000. The Morgan fingerprint density at radius 1 is 1.21 bits per heavy atom. The number of carbonyl (C=O) groups excluding carboxylic acids is 1. The summed E-state index contributed by atoms with van der Waals surface area (Å²) in [5.41, 5.74) is 1.21. The first-order valence-electron chi connectivity index (χ1n) is 8.95. The SMILES string of the molecule is COc1cccc(CC(=O)Nc2cccc(S(=O)(=O)N=C3CCCN3C)c2)c1. The summed E-state index contributed by atoms with van der Waals surface area (Å²) in [5.74, 6) is 0.992. The van der Waals surface area contributed by atoms with E-state index in [0.29, 0.717) is 23.7 Å². The maximum atomic E-state index is 12.6. The lowest BCUT2D eigenvalue weighted by atomic mass is 10.1. The van der Waals surface area contributed by atoms with Gasteiger partial charge in [-0.25, -0.2) is 0 Å². The number of likely N-dealkylation sites (tertiary alicyclic amines) is 1. The molecule has 1 aliphatic heterocycles. The number of methoxy groups -OCH3 is 1. The fourth-order valence-corrected chi connectivity index (χ4v) is 4.15. The number of amidine groups is 1. The molecule has 28 heavy (non-hydrogen) atoms. The number of rotatable bonds is 6. The highest BCUT2D eigenvalue weighted by atomic mass is 32.2. The van der Waals surface area contributed by atoms with E-state index in [2.05, 4.69) is 9.71 Å². The van der Waals surface area contributed by atoms with Crippen molar-refractivity contribution in [1.29, 1.82) is 0 Å². The number of ether oxygens (including phenoxy) is 1. The van der Waals surface area contributed by atoms with Crippen molar-refractivity contribution in [2.24, 2.45) is 4.40 Å². The second-order valence-electron chi connectivity index (χ2n) is 6.61. The summed E-state index contributed by atoms with van der Waals surface area (Å²) in [7, 11) is -0.427. The Balaban J connectivity index is 1.73. The van der Waals surface area contributed by atoms with E-state index in [4.69, 9.17) is 4.74 Å². The van der Waals surface area contributed by atoms with Crippen LogP contribution < -0.4 is 10.1 Å². The van der Waals surface area contributed by atoms with Crippen molar-refractivity contribution in [3.05, 3.63) is 54.1 Å². The van der Waals surface area contributed by atoms with Crippen LogP contribution in [0.1, 0.15) is 18.4 Å². The Labute approximate surface area is 165 Å². The first-order chi connectivity index (χ1) is 13.4. The molecule has 8 heteroatoms. The smallest absolute Gasteiger partial charge is 0.284 e. The zero-order valence-electron chi connectivity index (χ0n) is 15.9. The normalized spacial score (nSPS) is 15.6. The van der Waals surface area contributed by atoms with E-state index < -0.39 is 10.0 Å². The molecule has 0 spiro atoms. The van der Waals surface area contributed by atoms with Gasteiger partial charge in [0.2, 0.25) is 5.91 Å². The molecule has 7 nitrogen and oxygen atoms in total. The first kappa shape index (κ1) is 19.9. The summed E-state index contributed by atoms with van der Waals surface area (Å²) in [6.07, 6.45) is 1.69. The van der Waals surface area contributed by atoms with E-state index in [1.165, 1.54) is 12.1 Å². The van der Waals surface area contributed by atoms with E-state index in [-0.39, 0.29) is 17.2 Å². The van der Waals surface area contributed by atoms with Gasteiger partial charge in [-0.3, -0.25) is 4.79 Å². The van der Waals surface area contributed by atoms with Gasteiger partial charge in [-0.2, -0.15) is 8.42 Å². The third kappa shape index (κ3) is 4.89. The van der Waals surface area contributed by atoms with Gasteiger partial charge in [0.05, 0.1) is 18.4 Å². The van der Waals surface area contributed by atoms with Crippen LogP contribution in [0.4, 0.5) is 5.69 Å². The van der Waals surface area contributed by atoms with Crippen LogP contribution in [0.5, 0.6) is 5.75 Å². The summed E-state index contributed by atoms with van der Waals surface area (Å²) in [4.78, 5) is 14.2. The summed E-state index contributed by atoms with van der Waals surface area (Å²) in [6, 6.07) is 13.4. The van der Waals surface area contributed by atoms with Crippen molar-refractivity contribution in [2.45, 2.75) is 24.2 Å². The summed E-state index contributed by atoms with van der Waals surface area (Å²) >= 11 is 0. The number of nitrogens with zero attached hydrogens (tertiary/aromatic N) is 2. The number of sulfonamides is 1. The predicted molar refractivity (Wildman–Crippen MR) is 108 cm³/mol. The molecule has 0 aromatic heterocycles. The molecule has 1 N–H and O–H groups in total. The molecule has 0 bridgehead atoms. The molecular formula is C20H23N3O4S. The van der Waals surface area contributed by atoms with E-state index in [0.717, 1.165) is 18.5 Å². The van der Waals surface area contributed by atoms with Crippen molar-refractivity contribution in [3.8, 4) is 5.75 Å². The van der Waals surface area contributed by atoms with Gasteiger partial charge in [0, 0.05) is 25.7 Å². The molecule has 1 fully saturated rings. The number of nitrogens with one attached hydrogen (secondary N) is 1. The molecule has 1 amide bonds. The van der Waals surface area contributed by atoms with Crippen LogP contribution >= 0.6 is 0 Å². The second-order valence-corrected chi connectivity index (χ2v) is 8.22. The maximum absolute atomic E-state index is 12.6. The van der Waals surface area contributed by atoms with Crippen molar-refractivity contribution >= 4 is 27.5 Å². The number of amides is 1. The topological polar surface area (TPSA) is 88.1 Å². The Hall–Kier alpha value is -2.87. The molecule has 1 heterocycles. The molecule has 0 unspecified atom stereocenters. The number of carbonyl (C=O) groups is 1. The summed E-state index contributed by atoms with van der Waals surface area (Å²) in [5, 5.41) is 2.74. The molecule has 0 aliphatic carbocycles. The van der Waals surface area contributed by atoms with Gasteiger partial charge in [0.25, 0.3) is 10.0 Å². The molecule has 0 atom stereocenters. The van der Waals surface area contributed by atoms with Crippen LogP contribution in [0.2, 0.25) is 0 Å². The van der Waals surface area contributed by atoms with Crippen LogP contribution in [0, 0.1) is 0 Å². The minimum absolute atomic E-state index is 0.0551. The summed E-state index contributed by atoms with van der Waals surface area (Å²) in [6.45, 7) is 0.800. The van der Waals surface area contributed by atoms with Crippen molar-refractivity contribution in [1.82, 2.24) is 4.90 Å². The highest BCUT2D eigenvalue weighted by Gasteiger charge is 2.20. The molecule has 148 valence electrons. The van der Waals surface area contributed by atoms with E-state index >= 15 is 0 Å². The van der Waals surface area contributed by atoms with Crippen molar-refractivity contribution < 1.29 is 17.9 Å². The average Bonchev–Trinajstić information content (AvgIpc) is 3.06. The highest BCUT2D eigenvalue weighted by Crippen LogP contribution is 2.20. The lowest BCUT2D eigenvalue weighted by Gasteiger charge is -2.11. The Morgan fingerprint density at radius 2 is 2.00 bits per heavy atom. The van der Waals surface area contributed by atoms with Gasteiger partial charge in [0.15, 0.2) is 0 Å². The van der Waals surface area contributed by atoms with Gasteiger partial charge in [-0.1, -0.05) is 18.2 Å². The molecule has 1 saturated heterocycles. The number of hydrogen-bond acceptors (Lipinski definition) is 4. The van der Waals surface area contributed by atoms with Gasteiger partial charge in [-0.05, 0) is 42.3 Å². The first-order valence-corrected chi connectivity index (χ1v) is 10.4. The van der Waals surface area contributed by atoms with Crippen molar-refractivity contribution in [3.63, 3.8) is 0 Å².